The lowest BCUT2D eigenvalue weighted by Crippen LogP contribution is -2.48. The van der Waals surface area contributed by atoms with E-state index in [9.17, 15) is 9.59 Å². The summed E-state index contributed by atoms with van der Waals surface area (Å²) in [7, 11) is 0. The standard InChI is InChI=1S/C23H18ClFN10O2/c24-16-6-8-17(34-11-26-30-33-34)20(21(16)25)13-9-15-5-7-18(35(15)19(36)10-13)23(37)27-14-3-1-12(2-4-14)22-28-31-32-29-22/h1-4,6,8,10-11,15,18H,5,7,9H2,(H,27,37)(H,28,29,31,32)/t15-,18+/m1/s1. The summed E-state index contributed by atoms with van der Waals surface area (Å²) >= 11 is 6.07. The first-order valence-corrected chi connectivity index (χ1v) is 11.8. The summed E-state index contributed by atoms with van der Waals surface area (Å²) in [5.74, 6) is -0.791. The molecule has 186 valence electrons. The van der Waals surface area contributed by atoms with E-state index in [1.165, 1.54) is 23.2 Å². The number of anilines is 1. The number of fused-ring (bicyclic) bond motifs is 1. The van der Waals surface area contributed by atoms with Crippen LogP contribution in [0, 0.1) is 5.82 Å². The van der Waals surface area contributed by atoms with Crippen LogP contribution in [0.4, 0.5) is 10.1 Å². The second-order valence-electron chi connectivity index (χ2n) is 8.69. The zero-order chi connectivity index (χ0) is 25.5. The molecule has 37 heavy (non-hydrogen) atoms. The van der Waals surface area contributed by atoms with Gasteiger partial charge in [0.2, 0.25) is 11.8 Å². The van der Waals surface area contributed by atoms with Crippen LogP contribution in [0.5, 0.6) is 0 Å². The van der Waals surface area contributed by atoms with Gasteiger partial charge in [0.05, 0.1) is 10.7 Å². The Morgan fingerprint density at radius 3 is 2.70 bits per heavy atom. The summed E-state index contributed by atoms with van der Waals surface area (Å²) in [5, 5.41) is 27.5. The number of H-pyrrole nitrogens is 1. The van der Waals surface area contributed by atoms with E-state index in [-0.39, 0.29) is 28.4 Å². The first-order chi connectivity index (χ1) is 18.0. The maximum absolute atomic E-state index is 15.2. The average Bonchev–Trinajstić information content (AvgIpc) is 3.68. The number of aromatic nitrogens is 8. The highest BCUT2D eigenvalue weighted by molar-refractivity contribution is 6.31. The molecule has 0 radical (unpaired) electrons. The fourth-order valence-electron chi connectivity index (χ4n) is 4.91. The zero-order valence-corrected chi connectivity index (χ0v) is 19.8. The summed E-state index contributed by atoms with van der Waals surface area (Å²) in [6.07, 6.45) is 4.16. The van der Waals surface area contributed by atoms with Crippen LogP contribution in [0.1, 0.15) is 24.8 Å². The van der Waals surface area contributed by atoms with Crippen molar-refractivity contribution in [2.45, 2.75) is 31.3 Å². The largest absolute Gasteiger partial charge is 0.324 e. The van der Waals surface area contributed by atoms with Crippen molar-refractivity contribution in [1.82, 2.24) is 45.7 Å². The Morgan fingerprint density at radius 1 is 1.14 bits per heavy atom. The quantitative estimate of drug-likeness (QED) is 0.407. The number of carbonyl (C=O) groups excluding carboxylic acids is 2. The van der Waals surface area contributed by atoms with Gasteiger partial charge in [-0.1, -0.05) is 11.6 Å². The lowest BCUT2D eigenvalue weighted by atomic mass is 9.92. The minimum Gasteiger partial charge on any atom is -0.324 e. The highest BCUT2D eigenvalue weighted by Crippen LogP contribution is 2.40. The van der Waals surface area contributed by atoms with E-state index in [1.54, 1.807) is 35.2 Å². The molecule has 0 spiro atoms. The van der Waals surface area contributed by atoms with Crippen molar-refractivity contribution in [1.29, 1.82) is 0 Å². The Labute approximate surface area is 213 Å². The zero-order valence-electron chi connectivity index (χ0n) is 19.0. The first-order valence-electron chi connectivity index (χ1n) is 11.4. The van der Waals surface area contributed by atoms with Crippen molar-refractivity contribution in [3.63, 3.8) is 0 Å². The van der Waals surface area contributed by atoms with Crippen LogP contribution in [0.15, 0.2) is 48.8 Å². The number of rotatable bonds is 5. The molecule has 4 heterocycles. The van der Waals surface area contributed by atoms with Crippen molar-refractivity contribution >= 4 is 34.7 Å². The molecule has 0 unspecified atom stereocenters. The summed E-state index contributed by atoms with van der Waals surface area (Å²) in [4.78, 5) is 27.9. The maximum Gasteiger partial charge on any atom is 0.247 e. The Kier molecular flexibility index (Phi) is 5.68. The third-order valence-corrected chi connectivity index (χ3v) is 6.87. The van der Waals surface area contributed by atoms with E-state index < -0.39 is 11.9 Å². The lowest BCUT2D eigenvalue weighted by molar-refractivity contribution is -0.135. The smallest absolute Gasteiger partial charge is 0.247 e. The second kappa shape index (κ2) is 9.17. The Balaban J connectivity index is 1.23. The van der Waals surface area contributed by atoms with Gasteiger partial charge < -0.3 is 10.2 Å². The summed E-state index contributed by atoms with van der Waals surface area (Å²) in [6.45, 7) is 0. The highest BCUT2D eigenvalue weighted by Gasteiger charge is 2.43. The minimum atomic E-state index is -0.654. The van der Waals surface area contributed by atoms with Crippen LogP contribution in [-0.2, 0) is 9.59 Å². The third kappa shape index (κ3) is 4.12. The number of aromatic amines is 1. The molecule has 2 amide bonds. The molecule has 2 N–H and O–H groups in total. The average molecular weight is 521 g/mol. The van der Waals surface area contributed by atoms with E-state index >= 15 is 4.39 Å². The molecule has 0 bridgehead atoms. The van der Waals surface area contributed by atoms with Gasteiger partial charge >= 0.3 is 0 Å². The molecule has 2 aliphatic rings. The van der Waals surface area contributed by atoms with E-state index in [2.05, 4.69) is 41.5 Å². The number of halogens is 2. The predicted octanol–water partition coefficient (Wildman–Crippen LogP) is 2.42. The molecule has 12 nitrogen and oxygen atoms in total. The number of benzene rings is 2. The SMILES string of the molecule is O=C(Nc1ccc(-c2nnn[nH]2)cc1)[C@@H]1CC[C@@H]2CC(c3c(-n4cnnn4)ccc(Cl)c3F)=CC(=O)N21. The number of nitrogens with one attached hydrogen (secondary N) is 2. The van der Waals surface area contributed by atoms with Crippen molar-refractivity contribution in [3.05, 3.63) is 65.2 Å². The molecule has 2 atom stereocenters. The fraction of sp³-hybridized carbons (Fsp3) is 0.217. The Bertz CT molecular complexity index is 1510. The number of tetrazole rings is 2. The summed E-state index contributed by atoms with van der Waals surface area (Å²) in [6, 6.07) is 9.14. The van der Waals surface area contributed by atoms with E-state index in [0.717, 1.165) is 5.56 Å². The van der Waals surface area contributed by atoms with Gasteiger partial charge in [-0.3, -0.25) is 9.59 Å². The molecule has 14 heteroatoms. The van der Waals surface area contributed by atoms with E-state index in [1.807, 2.05) is 0 Å². The van der Waals surface area contributed by atoms with Gasteiger partial charge in [0.1, 0.15) is 12.4 Å². The lowest BCUT2D eigenvalue weighted by Gasteiger charge is -2.33. The molecule has 1 fully saturated rings. The molecule has 2 aliphatic heterocycles. The molecule has 0 saturated carbocycles. The van der Waals surface area contributed by atoms with Crippen molar-refractivity contribution in [3.8, 4) is 17.1 Å². The Morgan fingerprint density at radius 2 is 1.97 bits per heavy atom. The van der Waals surface area contributed by atoms with Gasteiger partial charge in [0.25, 0.3) is 0 Å². The number of hydrogen-bond donors (Lipinski definition) is 2. The van der Waals surface area contributed by atoms with Gasteiger partial charge in [-0.2, -0.15) is 4.68 Å². The van der Waals surface area contributed by atoms with Gasteiger partial charge in [0.15, 0.2) is 11.6 Å². The third-order valence-electron chi connectivity index (χ3n) is 6.57. The van der Waals surface area contributed by atoms with Gasteiger partial charge in [-0.15, -0.1) is 10.2 Å². The van der Waals surface area contributed by atoms with Crippen molar-refractivity contribution < 1.29 is 14.0 Å². The predicted molar refractivity (Wildman–Crippen MR) is 129 cm³/mol. The second-order valence-corrected chi connectivity index (χ2v) is 9.10. The molecule has 1 saturated heterocycles. The first kappa shape index (κ1) is 22.9. The van der Waals surface area contributed by atoms with Crippen LogP contribution in [0.2, 0.25) is 5.02 Å². The van der Waals surface area contributed by atoms with Gasteiger partial charge in [-0.05, 0) is 82.1 Å². The molecule has 4 aromatic rings. The monoisotopic (exact) mass is 520 g/mol. The molecule has 2 aromatic carbocycles. The van der Waals surface area contributed by atoms with E-state index in [0.29, 0.717) is 42.0 Å². The van der Waals surface area contributed by atoms with Crippen LogP contribution in [0.3, 0.4) is 0 Å². The van der Waals surface area contributed by atoms with Gasteiger partial charge in [-0.25, -0.2) is 9.49 Å². The number of nitrogens with zero attached hydrogens (tertiary/aromatic N) is 8. The van der Waals surface area contributed by atoms with Crippen LogP contribution >= 0.6 is 11.6 Å². The summed E-state index contributed by atoms with van der Waals surface area (Å²) < 4.78 is 16.5. The fourth-order valence-corrected chi connectivity index (χ4v) is 5.07. The van der Waals surface area contributed by atoms with Crippen LogP contribution < -0.4 is 5.32 Å². The maximum atomic E-state index is 15.2. The normalized spacial score (nSPS) is 19.0. The summed E-state index contributed by atoms with van der Waals surface area (Å²) in [5.41, 5.74) is 2.37. The molecule has 2 aromatic heterocycles. The molecule has 6 rings (SSSR count). The Hall–Kier alpha value is -4.52. The van der Waals surface area contributed by atoms with Crippen molar-refractivity contribution in [2.24, 2.45) is 0 Å². The topological polar surface area (TPSA) is 147 Å². The van der Waals surface area contributed by atoms with Crippen LogP contribution in [-0.4, -0.2) is 69.6 Å². The molecular formula is C23H18ClFN10O2. The number of amides is 2. The highest BCUT2D eigenvalue weighted by atomic mass is 35.5. The molecule has 0 aliphatic carbocycles. The van der Waals surface area contributed by atoms with E-state index in [4.69, 9.17) is 11.6 Å². The minimum absolute atomic E-state index is 0.0723. The number of hydrogen-bond acceptors (Lipinski definition) is 8. The number of carbonyl (C=O) groups is 2. The van der Waals surface area contributed by atoms with Crippen LogP contribution in [0.25, 0.3) is 22.6 Å². The van der Waals surface area contributed by atoms with Crippen molar-refractivity contribution in [2.75, 3.05) is 5.32 Å². The van der Waals surface area contributed by atoms with Gasteiger partial charge in [0, 0.05) is 28.9 Å². The molecular weight excluding hydrogens is 503 g/mol.